The molecule has 0 saturated heterocycles. The van der Waals surface area contributed by atoms with Crippen molar-refractivity contribution in [3.8, 4) is 5.88 Å². The predicted molar refractivity (Wildman–Crippen MR) is 109 cm³/mol. The maximum atomic E-state index is 13.2. The quantitative estimate of drug-likeness (QED) is 0.675. The molecule has 2 aromatic heterocycles. The lowest BCUT2D eigenvalue weighted by Gasteiger charge is -2.29. The molecule has 2 atom stereocenters. The van der Waals surface area contributed by atoms with Gasteiger partial charge in [0, 0.05) is 23.9 Å². The van der Waals surface area contributed by atoms with E-state index in [-0.39, 0.29) is 34.7 Å². The zero-order valence-corrected chi connectivity index (χ0v) is 17.7. The molecule has 0 bridgehead atoms. The summed E-state index contributed by atoms with van der Waals surface area (Å²) in [4.78, 5) is 35.4. The van der Waals surface area contributed by atoms with Gasteiger partial charge in [0.25, 0.3) is 12.3 Å². The van der Waals surface area contributed by atoms with Gasteiger partial charge in [0.15, 0.2) is 6.61 Å². The molecular formula is C21H21ClF2N4O3. The number of fused-ring (bicyclic) bond motifs is 1. The van der Waals surface area contributed by atoms with Crippen LogP contribution >= 0.6 is 11.6 Å². The summed E-state index contributed by atoms with van der Waals surface area (Å²) in [5.41, 5.74) is 1.78. The number of nitrogens with one attached hydrogen (secondary N) is 1. The minimum absolute atomic E-state index is 0.0131. The number of alkyl halides is 2. The van der Waals surface area contributed by atoms with E-state index in [9.17, 15) is 18.4 Å². The smallest absolute Gasteiger partial charge is 0.272 e. The Bertz CT molecular complexity index is 1030. The normalized spacial score (nSPS) is 18.8. The summed E-state index contributed by atoms with van der Waals surface area (Å²) < 4.78 is 29.6. The zero-order chi connectivity index (χ0) is 22.3. The third-order valence-electron chi connectivity index (χ3n) is 5.55. The number of nitrogens with zero attached hydrogens (tertiary/aromatic N) is 3. The first-order chi connectivity index (χ1) is 14.8. The monoisotopic (exact) mass is 450 g/mol. The first-order valence-corrected chi connectivity index (χ1v) is 10.3. The van der Waals surface area contributed by atoms with Gasteiger partial charge in [-0.15, -0.1) is 0 Å². The van der Waals surface area contributed by atoms with E-state index in [1.807, 2.05) is 13.8 Å². The minimum Gasteiger partial charge on any atom is -0.471 e. The van der Waals surface area contributed by atoms with E-state index in [0.717, 1.165) is 12.8 Å². The Morgan fingerprint density at radius 3 is 2.77 bits per heavy atom. The van der Waals surface area contributed by atoms with Crippen LogP contribution in [0.5, 0.6) is 5.88 Å². The molecule has 3 heterocycles. The van der Waals surface area contributed by atoms with Gasteiger partial charge >= 0.3 is 0 Å². The molecule has 10 heteroatoms. The number of rotatable bonds is 7. The third-order valence-corrected chi connectivity index (χ3v) is 5.82. The molecule has 2 unspecified atom stereocenters. The SMILES string of the molecule is CC(c1cnc(OCC(F)F)c(Cl)c1)N1C(=O)c2ccnc(NC(=O)C3CC3)c2C1C. The van der Waals surface area contributed by atoms with E-state index >= 15 is 0 Å². The van der Waals surface area contributed by atoms with Crippen molar-refractivity contribution in [1.29, 1.82) is 0 Å². The highest BCUT2D eigenvalue weighted by atomic mass is 35.5. The van der Waals surface area contributed by atoms with Crippen LogP contribution < -0.4 is 10.1 Å². The number of hydrogen-bond donors (Lipinski definition) is 1. The summed E-state index contributed by atoms with van der Waals surface area (Å²) in [6, 6.07) is 2.42. The number of halogens is 3. The van der Waals surface area contributed by atoms with Gasteiger partial charge in [0.05, 0.1) is 17.6 Å². The Kier molecular flexibility index (Phi) is 5.79. The summed E-state index contributed by atoms with van der Waals surface area (Å²) in [6.07, 6.45) is 2.05. The minimum atomic E-state index is -2.64. The second-order valence-corrected chi connectivity index (χ2v) is 8.11. The second-order valence-electron chi connectivity index (χ2n) is 7.71. The lowest BCUT2D eigenvalue weighted by Crippen LogP contribution is -2.30. The number of carbonyl (C=O) groups excluding carboxylic acids is 2. The maximum absolute atomic E-state index is 13.2. The number of anilines is 1. The molecule has 2 amide bonds. The summed E-state index contributed by atoms with van der Waals surface area (Å²) >= 11 is 6.15. The topological polar surface area (TPSA) is 84.4 Å². The van der Waals surface area contributed by atoms with Gasteiger partial charge in [-0.25, -0.2) is 18.7 Å². The van der Waals surface area contributed by atoms with E-state index in [1.54, 1.807) is 17.0 Å². The predicted octanol–water partition coefficient (Wildman–Crippen LogP) is 4.40. The fourth-order valence-corrected chi connectivity index (χ4v) is 4.02. The molecule has 0 radical (unpaired) electrons. The van der Waals surface area contributed by atoms with E-state index in [4.69, 9.17) is 16.3 Å². The van der Waals surface area contributed by atoms with Gasteiger partial charge < -0.3 is 15.0 Å². The maximum Gasteiger partial charge on any atom is 0.272 e. The lowest BCUT2D eigenvalue weighted by atomic mass is 10.1. The second kappa shape index (κ2) is 8.37. The van der Waals surface area contributed by atoms with E-state index < -0.39 is 19.1 Å². The van der Waals surface area contributed by atoms with Gasteiger partial charge in [0.2, 0.25) is 11.8 Å². The highest BCUT2D eigenvalue weighted by molar-refractivity contribution is 6.31. The van der Waals surface area contributed by atoms with Crippen molar-refractivity contribution < 1.29 is 23.1 Å². The summed E-state index contributed by atoms with van der Waals surface area (Å²) in [6.45, 7) is 2.88. The Morgan fingerprint density at radius 2 is 2.13 bits per heavy atom. The Morgan fingerprint density at radius 1 is 1.39 bits per heavy atom. The molecular weight excluding hydrogens is 430 g/mol. The largest absolute Gasteiger partial charge is 0.471 e. The van der Waals surface area contributed by atoms with E-state index in [0.29, 0.717) is 22.5 Å². The van der Waals surface area contributed by atoms with Crippen LogP contribution in [0.2, 0.25) is 5.02 Å². The standard InChI is InChI=1S/C21H21ClF2N4O3/c1-10(13-7-15(22)20(26-8-13)31-9-16(23)24)28-11(2)17-14(21(28)30)5-6-25-18(17)27-19(29)12-3-4-12/h5-8,10-12,16H,3-4,9H2,1-2H3,(H,25,27,29). The summed E-state index contributed by atoms with van der Waals surface area (Å²) in [5.74, 6) is 0.0446. The van der Waals surface area contributed by atoms with Crippen LogP contribution in [0.1, 0.15) is 60.3 Å². The molecule has 0 aromatic carbocycles. The number of amides is 2. The average Bonchev–Trinajstić information content (AvgIpc) is 3.54. The van der Waals surface area contributed by atoms with Crippen molar-refractivity contribution in [2.45, 2.75) is 45.2 Å². The first-order valence-electron chi connectivity index (χ1n) is 9.96. The number of pyridine rings is 2. The molecule has 1 saturated carbocycles. The van der Waals surface area contributed by atoms with Crippen LogP contribution in [0.4, 0.5) is 14.6 Å². The molecule has 164 valence electrons. The molecule has 2 aliphatic rings. The Labute approximate surface area is 182 Å². The van der Waals surface area contributed by atoms with E-state index in [1.165, 1.54) is 12.4 Å². The van der Waals surface area contributed by atoms with Crippen molar-refractivity contribution in [3.05, 3.63) is 46.2 Å². The molecule has 1 N–H and O–H groups in total. The lowest BCUT2D eigenvalue weighted by molar-refractivity contribution is -0.117. The van der Waals surface area contributed by atoms with Gasteiger partial charge in [-0.05, 0) is 44.4 Å². The van der Waals surface area contributed by atoms with Crippen LogP contribution in [0, 0.1) is 5.92 Å². The van der Waals surface area contributed by atoms with Gasteiger partial charge in [-0.1, -0.05) is 11.6 Å². The Balaban J connectivity index is 1.57. The van der Waals surface area contributed by atoms with Crippen LogP contribution in [0.15, 0.2) is 24.5 Å². The van der Waals surface area contributed by atoms with Gasteiger partial charge in [0.1, 0.15) is 10.8 Å². The fraction of sp³-hybridized carbons (Fsp3) is 0.429. The summed E-state index contributed by atoms with van der Waals surface area (Å²) in [5, 5.41) is 2.94. The molecule has 1 aliphatic carbocycles. The van der Waals surface area contributed by atoms with Crippen LogP contribution in [-0.4, -0.2) is 39.7 Å². The Hall–Kier alpha value is -2.81. The van der Waals surface area contributed by atoms with E-state index in [2.05, 4.69) is 15.3 Å². The number of aromatic nitrogens is 2. The number of carbonyl (C=O) groups is 2. The van der Waals surface area contributed by atoms with Crippen molar-refractivity contribution in [3.63, 3.8) is 0 Å². The summed E-state index contributed by atoms with van der Waals surface area (Å²) in [7, 11) is 0. The van der Waals surface area contributed by atoms with Gasteiger partial charge in [-0.2, -0.15) is 0 Å². The molecule has 1 fully saturated rings. The zero-order valence-electron chi connectivity index (χ0n) is 16.9. The molecule has 7 nitrogen and oxygen atoms in total. The molecule has 1 aliphatic heterocycles. The van der Waals surface area contributed by atoms with Crippen LogP contribution in [0.25, 0.3) is 0 Å². The molecule has 4 rings (SSSR count). The van der Waals surface area contributed by atoms with Crippen LogP contribution in [-0.2, 0) is 4.79 Å². The highest BCUT2D eigenvalue weighted by Crippen LogP contribution is 2.43. The number of ether oxygens (including phenoxy) is 1. The average molecular weight is 451 g/mol. The highest BCUT2D eigenvalue weighted by Gasteiger charge is 2.40. The number of hydrogen-bond acceptors (Lipinski definition) is 5. The molecule has 0 spiro atoms. The van der Waals surface area contributed by atoms with Crippen molar-refractivity contribution in [2.24, 2.45) is 5.92 Å². The van der Waals surface area contributed by atoms with Crippen molar-refractivity contribution in [1.82, 2.24) is 14.9 Å². The molecule has 31 heavy (non-hydrogen) atoms. The van der Waals surface area contributed by atoms with Gasteiger partial charge in [-0.3, -0.25) is 9.59 Å². The van der Waals surface area contributed by atoms with Crippen molar-refractivity contribution >= 4 is 29.2 Å². The molecule has 2 aromatic rings. The third kappa shape index (κ3) is 4.19. The van der Waals surface area contributed by atoms with Crippen LogP contribution in [0.3, 0.4) is 0 Å². The van der Waals surface area contributed by atoms with Crippen molar-refractivity contribution in [2.75, 3.05) is 11.9 Å². The fourth-order valence-electron chi connectivity index (χ4n) is 3.79. The first kappa shape index (κ1) is 21.4.